The second-order valence-corrected chi connectivity index (χ2v) is 10.2. The van der Waals surface area contributed by atoms with Crippen LogP contribution >= 0.6 is 0 Å². The Morgan fingerprint density at radius 2 is 0.622 bits per heavy atom. The van der Waals surface area contributed by atoms with E-state index in [9.17, 15) is 0 Å². The number of nitrogens with zero attached hydrogens (tertiary/aromatic N) is 8. The van der Waals surface area contributed by atoms with E-state index in [0.717, 1.165) is 97.5 Å². The maximum absolute atomic E-state index is 4.58. The van der Waals surface area contributed by atoms with Crippen molar-refractivity contribution in [1.29, 1.82) is 0 Å². The fourth-order valence-electron chi connectivity index (χ4n) is 3.99. The summed E-state index contributed by atoms with van der Waals surface area (Å²) in [6.45, 7) is 11.0. The molecule has 4 aromatic rings. The summed E-state index contributed by atoms with van der Waals surface area (Å²) >= 11 is 0. The Labute approximate surface area is 278 Å². The van der Waals surface area contributed by atoms with E-state index >= 15 is 0 Å². The van der Waals surface area contributed by atoms with Crippen molar-refractivity contribution in [3.63, 3.8) is 0 Å². The van der Waals surface area contributed by atoms with Crippen molar-refractivity contribution in [3.05, 3.63) is 120 Å². The largest absolute Gasteiger partial charge is 0.288 e. The van der Waals surface area contributed by atoms with Crippen LogP contribution in [0.4, 0.5) is 0 Å². The van der Waals surface area contributed by atoms with E-state index in [4.69, 9.17) is 0 Å². The van der Waals surface area contributed by atoms with Gasteiger partial charge in [0.05, 0.1) is 22.8 Å². The first-order valence-corrected chi connectivity index (χ1v) is 15.2. The normalized spacial score (nSPS) is 12.2. The Hall–Kier alpha value is -4.23. The average Bonchev–Trinajstić information content (AvgIpc) is 3.07. The Balaban J connectivity index is 0.000000307. The maximum atomic E-state index is 4.58. The summed E-state index contributed by atoms with van der Waals surface area (Å²) in [6, 6.07) is 23.8. The van der Waals surface area contributed by atoms with Gasteiger partial charge < -0.3 is 0 Å². The van der Waals surface area contributed by atoms with Crippen molar-refractivity contribution >= 4 is 22.8 Å². The molecule has 0 saturated heterocycles. The number of hydrogen-bond acceptors (Lipinski definition) is 8. The number of rotatable bonds is 14. The van der Waals surface area contributed by atoms with Crippen molar-refractivity contribution < 1.29 is 16.5 Å². The first-order chi connectivity index (χ1) is 21.5. The van der Waals surface area contributed by atoms with Gasteiger partial charge in [-0.25, -0.2) is 0 Å². The van der Waals surface area contributed by atoms with Crippen LogP contribution in [0.25, 0.3) is 0 Å². The molecular weight excluding hydrogens is 603 g/mol. The molecule has 0 saturated carbocycles. The summed E-state index contributed by atoms with van der Waals surface area (Å²) in [5.74, 6) is 0. The molecule has 0 N–H and O–H groups in total. The molecule has 0 bridgehead atoms. The second kappa shape index (κ2) is 22.3. The van der Waals surface area contributed by atoms with E-state index in [2.05, 4.69) is 39.9 Å². The third-order valence-corrected chi connectivity index (χ3v) is 6.82. The first-order valence-electron chi connectivity index (χ1n) is 15.2. The third-order valence-electron chi connectivity index (χ3n) is 6.82. The summed E-state index contributed by atoms with van der Waals surface area (Å²) in [5, 5.41) is 0. The molecule has 0 atom stereocenters. The molecule has 0 spiro atoms. The van der Waals surface area contributed by atoms with Crippen LogP contribution in [0, 0.1) is 0 Å². The molecule has 0 amide bonds. The van der Waals surface area contributed by atoms with Crippen LogP contribution in [-0.2, 0) is 42.2 Å². The molecule has 0 radical (unpaired) electrons. The fourth-order valence-corrected chi connectivity index (χ4v) is 3.99. The minimum Gasteiger partial charge on any atom is -0.288 e. The van der Waals surface area contributed by atoms with Crippen molar-refractivity contribution in [2.75, 3.05) is 26.2 Å². The molecule has 0 aliphatic heterocycles. The van der Waals surface area contributed by atoms with Gasteiger partial charge in [-0.05, 0) is 76.2 Å². The van der Waals surface area contributed by atoms with Gasteiger partial charge in [-0.1, -0.05) is 24.3 Å². The predicted octanol–water partition coefficient (Wildman–Crippen LogP) is 6.36. The fraction of sp³-hybridized carbons (Fsp3) is 0.333. The summed E-state index contributed by atoms with van der Waals surface area (Å²) in [7, 11) is 0. The Morgan fingerprint density at radius 1 is 0.400 bits per heavy atom. The van der Waals surface area contributed by atoms with E-state index in [-0.39, 0.29) is 16.5 Å². The Morgan fingerprint density at radius 3 is 0.800 bits per heavy atom. The molecule has 9 heteroatoms. The summed E-state index contributed by atoms with van der Waals surface area (Å²) in [4.78, 5) is 35.5. The smallest absolute Gasteiger partial charge is 0.0524 e. The number of aliphatic imine (C=N–C) groups is 4. The van der Waals surface area contributed by atoms with E-state index in [0.29, 0.717) is 0 Å². The molecule has 0 aromatic carbocycles. The molecule has 0 unspecified atom stereocenters. The van der Waals surface area contributed by atoms with Gasteiger partial charge >= 0.3 is 0 Å². The zero-order chi connectivity index (χ0) is 31.2. The molecule has 4 rings (SSSR count). The SMILES string of the molecule is CC(=NCCc1ccccn1)C(C)=NCCc1ccccn1.CC(=NCCc1ccccn1)C(C)=NCCc1ccccn1.[Ni]. The number of aromatic nitrogens is 4. The predicted molar refractivity (Wildman–Crippen MR) is 184 cm³/mol. The van der Waals surface area contributed by atoms with Crippen molar-refractivity contribution in [3.8, 4) is 0 Å². The van der Waals surface area contributed by atoms with Crippen molar-refractivity contribution in [1.82, 2.24) is 19.9 Å². The maximum Gasteiger partial charge on any atom is 0.0524 e. The Bertz CT molecular complexity index is 1240. The van der Waals surface area contributed by atoms with E-state index in [1.165, 1.54) is 0 Å². The molecule has 0 fully saturated rings. The van der Waals surface area contributed by atoms with Crippen LogP contribution < -0.4 is 0 Å². The second-order valence-electron chi connectivity index (χ2n) is 10.2. The van der Waals surface area contributed by atoms with Crippen LogP contribution in [0.15, 0.2) is 118 Å². The van der Waals surface area contributed by atoms with Crippen LogP contribution in [-0.4, -0.2) is 69.0 Å². The molecule has 4 heterocycles. The van der Waals surface area contributed by atoms with Gasteiger partial charge in [-0.2, -0.15) is 0 Å². The van der Waals surface area contributed by atoms with Gasteiger partial charge in [0, 0.05) is 116 Å². The topological polar surface area (TPSA) is 101 Å². The molecule has 45 heavy (non-hydrogen) atoms. The molecule has 238 valence electrons. The third kappa shape index (κ3) is 15.9. The summed E-state index contributed by atoms with van der Waals surface area (Å²) in [6.07, 6.45) is 10.7. The van der Waals surface area contributed by atoms with E-state index in [1.807, 2.05) is 125 Å². The van der Waals surface area contributed by atoms with Crippen LogP contribution in [0.2, 0.25) is 0 Å². The zero-order valence-electron chi connectivity index (χ0n) is 26.8. The molecular formula is C36H44N8Ni. The van der Waals surface area contributed by atoms with Crippen molar-refractivity contribution in [2.24, 2.45) is 20.0 Å². The quantitative estimate of drug-likeness (QED) is 0.117. The van der Waals surface area contributed by atoms with Gasteiger partial charge in [-0.3, -0.25) is 39.9 Å². The van der Waals surface area contributed by atoms with Crippen LogP contribution in [0.5, 0.6) is 0 Å². The van der Waals surface area contributed by atoms with Crippen molar-refractivity contribution in [2.45, 2.75) is 53.4 Å². The molecule has 8 nitrogen and oxygen atoms in total. The van der Waals surface area contributed by atoms with E-state index < -0.39 is 0 Å². The zero-order valence-corrected chi connectivity index (χ0v) is 27.8. The van der Waals surface area contributed by atoms with Gasteiger partial charge in [0.1, 0.15) is 0 Å². The number of pyridine rings is 4. The van der Waals surface area contributed by atoms with Gasteiger partial charge in [0.25, 0.3) is 0 Å². The van der Waals surface area contributed by atoms with Gasteiger partial charge in [0.2, 0.25) is 0 Å². The standard InChI is InChI=1S/2C18H22N4.Ni/c2*1-15(19-13-9-17-7-3-5-11-21-17)16(2)20-14-10-18-8-4-6-12-22-18;/h2*3-8,11-12H,9-10,13-14H2,1-2H3;. The molecule has 4 aromatic heterocycles. The minimum atomic E-state index is 0. The summed E-state index contributed by atoms with van der Waals surface area (Å²) < 4.78 is 0. The van der Waals surface area contributed by atoms with Gasteiger partial charge in [0.15, 0.2) is 0 Å². The summed E-state index contributed by atoms with van der Waals surface area (Å²) in [5.41, 5.74) is 8.28. The Kier molecular flexibility index (Phi) is 18.3. The average molecular weight is 647 g/mol. The molecule has 0 aliphatic rings. The van der Waals surface area contributed by atoms with E-state index in [1.54, 1.807) is 0 Å². The van der Waals surface area contributed by atoms with Crippen LogP contribution in [0.1, 0.15) is 50.5 Å². The monoisotopic (exact) mass is 646 g/mol. The van der Waals surface area contributed by atoms with Crippen LogP contribution in [0.3, 0.4) is 0 Å². The first kappa shape index (κ1) is 37.0. The molecule has 0 aliphatic carbocycles. The van der Waals surface area contributed by atoms with Gasteiger partial charge in [-0.15, -0.1) is 0 Å². The minimum absolute atomic E-state index is 0. The number of hydrogen-bond donors (Lipinski definition) is 0.